The van der Waals surface area contributed by atoms with Crippen molar-refractivity contribution >= 4 is 0 Å². The monoisotopic (exact) mass is 181 g/mol. The molecule has 0 aliphatic heterocycles. The number of nitrogens with two attached hydrogens (primary N) is 1. The van der Waals surface area contributed by atoms with Crippen LogP contribution in [0.15, 0.2) is 12.1 Å². The van der Waals surface area contributed by atoms with E-state index in [9.17, 15) is 5.11 Å². The summed E-state index contributed by atoms with van der Waals surface area (Å²) in [7, 11) is 1.60. The van der Waals surface area contributed by atoms with Crippen molar-refractivity contribution in [3.63, 3.8) is 0 Å². The molecule has 0 unspecified atom stereocenters. The van der Waals surface area contributed by atoms with Crippen LogP contribution in [0, 0.1) is 6.92 Å². The van der Waals surface area contributed by atoms with E-state index >= 15 is 0 Å². The Kier molecular flexibility index (Phi) is 2.78. The number of aromatic hydroxyl groups is 1. The standard InChI is InChI=1S/C10H15NO2/c1-6-4-9(12)8(7(2)11)5-10(6)13-3/h4-5,7,12H,11H2,1-3H3/t7-/m1/s1. The van der Waals surface area contributed by atoms with Gasteiger partial charge in [-0.25, -0.2) is 0 Å². The fourth-order valence-corrected chi connectivity index (χ4v) is 1.27. The fraction of sp³-hybridized carbons (Fsp3) is 0.400. The maximum atomic E-state index is 9.55. The molecule has 3 heteroatoms. The molecule has 0 heterocycles. The van der Waals surface area contributed by atoms with Gasteiger partial charge in [0.15, 0.2) is 0 Å². The summed E-state index contributed by atoms with van der Waals surface area (Å²) >= 11 is 0. The molecule has 0 aromatic heterocycles. The minimum Gasteiger partial charge on any atom is -0.508 e. The number of ether oxygens (including phenoxy) is 1. The zero-order chi connectivity index (χ0) is 10.0. The lowest BCUT2D eigenvalue weighted by molar-refractivity contribution is 0.406. The summed E-state index contributed by atoms with van der Waals surface area (Å²) in [5.41, 5.74) is 7.29. The molecular formula is C10H15NO2. The number of phenols is 1. The zero-order valence-electron chi connectivity index (χ0n) is 8.16. The Balaban J connectivity index is 3.22. The van der Waals surface area contributed by atoms with Crippen LogP contribution in [0.4, 0.5) is 0 Å². The summed E-state index contributed by atoms with van der Waals surface area (Å²) in [5, 5.41) is 9.55. The summed E-state index contributed by atoms with van der Waals surface area (Å²) in [5.74, 6) is 0.985. The zero-order valence-corrected chi connectivity index (χ0v) is 8.16. The maximum absolute atomic E-state index is 9.55. The summed E-state index contributed by atoms with van der Waals surface area (Å²) < 4.78 is 5.12. The number of phenolic OH excluding ortho intramolecular Hbond substituents is 1. The van der Waals surface area contributed by atoms with E-state index in [4.69, 9.17) is 10.5 Å². The molecule has 1 aromatic rings. The van der Waals surface area contributed by atoms with Crippen LogP contribution in [0.2, 0.25) is 0 Å². The first-order valence-corrected chi connectivity index (χ1v) is 4.19. The molecule has 0 bridgehead atoms. The van der Waals surface area contributed by atoms with Gasteiger partial charge in [-0.1, -0.05) is 0 Å². The molecule has 1 atom stereocenters. The minimum absolute atomic E-state index is 0.186. The van der Waals surface area contributed by atoms with Crippen LogP contribution in [0.1, 0.15) is 24.1 Å². The number of aryl methyl sites for hydroxylation is 1. The van der Waals surface area contributed by atoms with E-state index in [1.54, 1.807) is 19.2 Å². The third-order valence-corrected chi connectivity index (χ3v) is 2.03. The molecule has 1 aromatic carbocycles. The molecule has 0 radical (unpaired) electrons. The fourth-order valence-electron chi connectivity index (χ4n) is 1.27. The van der Waals surface area contributed by atoms with Gasteiger partial charge in [-0.15, -0.1) is 0 Å². The molecular weight excluding hydrogens is 166 g/mol. The van der Waals surface area contributed by atoms with Crippen molar-refractivity contribution in [2.45, 2.75) is 19.9 Å². The largest absolute Gasteiger partial charge is 0.508 e. The Bertz CT molecular complexity index is 308. The second-order valence-electron chi connectivity index (χ2n) is 3.17. The van der Waals surface area contributed by atoms with Crippen LogP contribution in [-0.4, -0.2) is 12.2 Å². The topological polar surface area (TPSA) is 55.5 Å². The number of benzene rings is 1. The third-order valence-electron chi connectivity index (χ3n) is 2.03. The quantitative estimate of drug-likeness (QED) is 0.730. The van der Waals surface area contributed by atoms with Gasteiger partial charge in [-0.05, 0) is 31.5 Å². The van der Waals surface area contributed by atoms with Gasteiger partial charge in [-0.2, -0.15) is 0 Å². The number of methoxy groups -OCH3 is 1. The van der Waals surface area contributed by atoms with Gasteiger partial charge >= 0.3 is 0 Å². The van der Waals surface area contributed by atoms with Gasteiger partial charge in [0.05, 0.1) is 7.11 Å². The first-order chi connectivity index (χ1) is 6.06. The number of hydrogen-bond donors (Lipinski definition) is 2. The van der Waals surface area contributed by atoms with Crippen molar-refractivity contribution < 1.29 is 9.84 Å². The lowest BCUT2D eigenvalue weighted by atomic mass is 10.0. The molecule has 0 aliphatic carbocycles. The average Bonchev–Trinajstić information content (AvgIpc) is 2.03. The van der Waals surface area contributed by atoms with E-state index in [0.717, 1.165) is 11.3 Å². The van der Waals surface area contributed by atoms with E-state index in [1.807, 2.05) is 13.8 Å². The Morgan fingerprint density at radius 3 is 2.54 bits per heavy atom. The van der Waals surface area contributed by atoms with Gasteiger partial charge in [-0.3, -0.25) is 0 Å². The smallest absolute Gasteiger partial charge is 0.122 e. The van der Waals surface area contributed by atoms with Crippen LogP contribution in [0.5, 0.6) is 11.5 Å². The number of hydrogen-bond acceptors (Lipinski definition) is 3. The predicted molar refractivity (Wildman–Crippen MR) is 52.0 cm³/mol. The first kappa shape index (κ1) is 9.86. The van der Waals surface area contributed by atoms with Crippen LogP contribution in [0.25, 0.3) is 0 Å². The van der Waals surface area contributed by atoms with E-state index in [2.05, 4.69) is 0 Å². The normalized spacial score (nSPS) is 12.6. The molecule has 0 spiro atoms. The molecule has 0 fully saturated rings. The molecule has 13 heavy (non-hydrogen) atoms. The van der Waals surface area contributed by atoms with E-state index < -0.39 is 0 Å². The molecule has 1 rings (SSSR count). The summed E-state index contributed by atoms with van der Waals surface area (Å²) in [4.78, 5) is 0. The SMILES string of the molecule is COc1cc([C@@H](C)N)c(O)cc1C. The van der Waals surface area contributed by atoms with Crippen LogP contribution in [0.3, 0.4) is 0 Å². The van der Waals surface area contributed by atoms with Crippen molar-refractivity contribution in [2.75, 3.05) is 7.11 Å². The van der Waals surface area contributed by atoms with E-state index in [1.165, 1.54) is 0 Å². The van der Waals surface area contributed by atoms with Gasteiger partial charge in [0, 0.05) is 11.6 Å². The second kappa shape index (κ2) is 3.66. The highest BCUT2D eigenvalue weighted by Gasteiger charge is 2.09. The molecule has 0 saturated heterocycles. The molecule has 3 nitrogen and oxygen atoms in total. The van der Waals surface area contributed by atoms with Gasteiger partial charge in [0.25, 0.3) is 0 Å². The average molecular weight is 181 g/mol. The van der Waals surface area contributed by atoms with Crippen molar-refractivity contribution in [1.82, 2.24) is 0 Å². The van der Waals surface area contributed by atoms with Gasteiger partial charge < -0.3 is 15.6 Å². The highest BCUT2D eigenvalue weighted by Crippen LogP contribution is 2.30. The molecule has 0 amide bonds. The summed E-state index contributed by atoms with van der Waals surface area (Å²) in [6.07, 6.45) is 0. The minimum atomic E-state index is -0.186. The number of rotatable bonds is 2. The van der Waals surface area contributed by atoms with Crippen molar-refractivity contribution in [2.24, 2.45) is 5.73 Å². The van der Waals surface area contributed by atoms with E-state index in [-0.39, 0.29) is 11.8 Å². The highest BCUT2D eigenvalue weighted by atomic mass is 16.5. The van der Waals surface area contributed by atoms with Crippen LogP contribution >= 0.6 is 0 Å². The van der Waals surface area contributed by atoms with Crippen LogP contribution in [-0.2, 0) is 0 Å². The Hall–Kier alpha value is -1.22. The third kappa shape index (κ3) is 1.92. The molecule has 0 saturated carbocycles. The predicted octanol–water partition coefficient (Wildman–Crippen LogP) is 1.73. The molecule has 72 valence electrons. The second-order valence-corrected chi connectivity index (χ2v) is 3.17. The van der Waals surface area contributed by atoms with Crippen molar-refractivity contribution in [3.05, 3.63) is 23.3 Å². The summed E-state index contributed by atoms with van der Waals surface area (Å²) in [6.45, 7) is 3.70. The lowest BCUT2D eigenvalue weighted by Crippen LogP contribution is -2.05. The first-order valence-electron chi connectivity index (χ1n) is 4.19. The Labute approximate surface area is 78.1 Å². The van der Waals surface area contributed by atoms with Gasteiger partial charge in [0.2, 0.25) is 0 Å². The van der Waals surface area contributed by atoms with E-state index in [0.29, 0.717) is 5.56 Å². The Morgan fingerprint density at radius 2 is 2.08 bits per heavy atom. The van der Waals surface area contributed by atoms with Crippen molar-refractivity contribution in [1.29, 1.82) is 0 Å². The highest BCUT2D eigenvalue weighted by molar-refractivity contribution is 5.46. The van der Waals surface area contributed by atoms with Gasteiger partial charge in [0.1, 0.15) is 11.5 Å². The summed E-state index contributed by atoms with van der Waals surface area (Å²) in [6, 6.07) is 3.25. The maximum Gasteiger partial charge on any atom is 0.122 e. The lowest BCUT2D eigenvalue weighted by Gasteiger charge is -2.12. The molecule has 3 N–H and O–H groups in total. The van der Waals surface area contributed by atoms with Crippen LogP contribution < -0.4 is 10.5 Å². The molecule has 0 aliphatic rings. The van der Waals surface area contributed by atoms with Crippen molar-refractivity contribution in [3.8, 4) is 11.5 Å². The Morgan fingerprint density at radius 1 is 1.46 bits per heavy atom.